The topological polar surface area (TPSA) is 49.6 Å². The van der Waals surface area contributed by atoms with Gasteiger partial charge < -0.3 is 15.1 Å². The molecule has 0 bridgehead atoms. The minimum atomic E-state index is -2.28. The maximum atomic E-state index is 15.2. The van der Waals surface area contributed by atoms with Crippen molar-refractivity contribution in [2.24, 2.45) is 0 Å². The van der Waals surface area contributed by atoms with Crippen LogP contribution in [0, 0.1) is 120 Å². The molecule has 5 nitrogen and oxygen atoms in total. The molecule has 1 fully saturated rings. The molecule has 0 amide bonds. The summed E-state index contributed by atoms with van der Waals surface area (Å²) in [6.45, 7) is 28.7. The smallest absolute Gasteiger partial charge is 0.204 e. The fourth-order valence-corrected chi connectivity index (χ4v) is 9.40. The van der Waals surface area contributed by atoms with Gasteiger partial charge in [-0.3, -0.25) is 4.79 Å². The minimum Gasteiger partial charge on any atom is -0.378 e. The SMILES string of the molecule is C=C1C=C(C)C(=[NH+]CCNc2c(C)cc(C)cc2C)C(C)=C1.Cc1cc(C)c(N2CCN(c3c(C)cc(C)cc3C)C2c2c(F)c(F)c(F)c(F)c2F)c(C)c1.O=Cc1c(F)c(F)c(F)c(F)c1F. The summed E-state index contributed by atoms with van der Waals surface area (Å²) >= 11 is 0. The Morgan fingerprint density at radius 1 is 0.536 bits per heavy atom. The molecule has 1 heterocycles. The number of rotatable bonds is 8. The van der Waals surface area contributed by atoms with Crippen molar-refractivity contribution in [1.29, 1.82) is 0 Å². The van der Waals surface area contributed by atoms with E-state index in [1.807, 2.05) is 65.8 Å². The van der Waals surface area contributed by atoms with Gasteiger partial charge in [-0.05, 0) is 127 Å². The summed E-state index contributed by atoms with van der Waals surface area (Å²) in [4.78, 5) is 17.0. The fraction of sp³-hybridized carbons (Fsp3) is 0.296. The summed E-state index contributed by atoms with van der Waals surface area (Å²) < 4.78 is 135. The van der Waals surface area contributed by atoms with Crippen LogP contribution in [0.2, 0.25) is 0 Å². The molecular formula is C54H55F10N4O+. The minimum absolute atomic E-state index is 0.349. The summed E-state index contributed by atoms with van der Waals surface area (Å²) in [5.41, 5.74) is 14.7. The van der Waals surface area contributed by atoms with Crippen molar-refractivity contribution in [2.45, 2.75) is 82.3 Å². The first-order chi connectivity index (χ1) is 32.3. The molecule has 1 saturated heterocycles. The van der Waals surface area contributed by atoms with Crippen LogP contribution >= 0.6 is 0 Å². The van der Waals surface area contributed by atoms with Gasteiger partial charge in [-0.2, -0.15) is 0 Å². The third-order valence-electron chi connectivity index (χ3n) is 11.9. The van der Waals surface area contributed by atoms with Crippen LogP contribution in [-0.2, 0) is 0 Å². The van der Waals surface area contributed by atoms with Gasteiger partial charge in [0.05, 0.1) is 17.7 Å². The number of carbonyl (C=O) groups is 1. The van der Waals surface area contributed by atoms with Gasteiger partial charge in [-0.25, -0.2) is 48.9 Å². The highest BCUT2D eigenvalue weighted by Gasteiger charge is 2.42. The summed E-state index contributed by atoms with van der Waals surface area (Å²) in [7, 11) is 0. The Balaban J connectivity index is 0.000000216. The van der Waals surface area contributed by atoms with E-state index in [9.17, 15) is 39.9 Å². The van der Waals surface area contributed by atoms with Gasteiger partial charge in [0.15, 0.2) is 59.4 Å². The van der Waals surface area contributed by atoms with E-state index in [4.69, 9.17) is 0 Å². The molecule has 0 saturated carbocycles. The van der Waals surface area contributed by atoms with Gasteiger partial charge in [-0.15, -0.1) is 0 Å². The van der Waals surface area contributed by atoms with E-state index in [1.54, 1.807) is 9.80 Å². The summed E-state index contributed by atoms with van der Waals surface area (Å²) in [5, 5.41) is 3.55. The number of nitrogens with one attached hydrogen (secondary N) is 2. The molecule has 0 aromatic heterocycles. The average molecular weight is 966 g/mol. The first-order valence-electron chi connectivity index (χ1n) is 22.0. The highest BCUT2D eigenvalue weighted by atomic mass is 19.2. The zero-order valence-corrected chi connectivity index (χ0v) is 40.4. The molecule has 5 aromatic carbocycles. The highest BCUT2D eigenvalue weighted by molar-refractivity contribution is 6.09. The van der Waals surface area contributed by atoms with E-state index >= 15 is 8.78 Å². The lowest BCUT2D eigenvalue weighted by atomic mass is 9.96. The number of hydrogen-bond donors (Lipinski definition) is 2. The first kappa shape index (κ1) is 53.3. The maximum absolute atomic E-state index is 15.2. The van der Waals surface area contributed by atoms with Crippen molar-refractivity contribution in [1.82, 2.24) is 0 Å². The predicted molar refractivity (Wildman–Crippen MR) is 253 cm³/mol. The van der Waals surface area contributed by atoms with Crippen LogP contribution in [0.15, 0.2) is 71.8 Å². The van der Waals surface area contributed by atoms with Gasteiger partial charge >= 0.3 is 0 Å². The lowest BCUT2D eigenvalue weighted by molar-refractivity contribution is -0.452. The Bertz CT molecular complexity index is 2740. The van der Waals surface area contributed by atoms with Crippen LogP contribution in [0.1, 0.15) is 86.0 Å². The normalized spacial score (nSPS) is 13.7. The number of aryl methyl sites for hydroxylation is 9. The summed E-state index contributed by atoms with van der Waals surface area (Å²) in [6, 6.07) is 12.2. The van der Waals surface area contributed by atoms with E-state index in [0.717, 1.165) is 63.4 Å². The Morgan fingerprint density at radius 3 is 1.23 bits per heavy atom. The first-order valence-corrected chi connectivity index (χ1v) is 22.0. The molecule has 69 heavy (non-hydrogen) atoms. The molecule has 1 aliphatic heterocycles. The molecular weight excluding hydrogens is 911 g/mol. The second-order valence-electron chi connectivity index (χ2n) is 17.6. The molecule has 0 spiro atoms. The highest BCUT2D eigenvalue weighted by Crippen LogP contribution is 2.45. The van der Waals surface area contributed by atoms with Crippen LogP contribution in [0.4, 0.5) is 61.0 Å². The van der Waals surface area contributed by atoms with Crippen LogP contribution in [-0.4, -0.2) is 38.2 Å². The number of aldehydes is 1. The van der Waals surface area contributed by atoms with Gasteiger partial charge in [0.2, 0.25) is 17.3 Å². The number of nitrogens with zero attached hydrogens (tertiary/aromatic N) is 2. The Morgan fingerprint density at radius 2 is 0.870 bits per heavy atom. The van der Waals surface area contributed by atoms with Crippen LogP contribution in [0.3, 0.4) is 0 Å². The van der Waals surface area contributed by atoms with Crippen LogP contribution in [0.5, 0.6) is 0 Å². The molecule has 7 rings (SSSR count). The van der Waals surface area contributed by atoms with Crippen molar-refractivity contribution in [3.63, 3.8) is 0 Å². The number of benzene rings is 5. The second kappa shape index (κ2) is 21.8. The van der Waals surface area contributed by atoms with E-state index in [0.29, 0.717) is 13.1 Å². The largest absolute Gasteiger partial charge is 0.378 e. The van der Waals surface area contributed by atoms with Gasteiger partial charge in [-0.1, -0.05) is 59.7 Å². The van der Waals surface area contributed by atoms with Gasteiger partial charge in [0.25, 0.3) is 0 Å². The second-order valence-corrected chi connectivity index (χ2v) is 17.6. The number of carbonyl (C=O) groups excluding carboxylic acids is 1. The zero-order chi connectivity index (χ0) is 51.5. The Kier molecular flexibility index (Phi) is 16.8. The van der Waals surface area contributed by atoms with Crippen molar-refractivity contribution in [2.75, 3.05) is 41.3 Å². The molecule has 15 heteroatoms. The van der Waals surface area contributed by atoms with E-state index in [-0.39, 0.29) is 0 Å². The summed E-state index contributed by atoms with van der Waals surface area (Å²) in [5.74, 6) is -20.4. The quantitative estimate of drug-likeness (QED) is 0.0535. The van der Waals surface area contributed by atoms with Crippen molar-refractivity contribution >= 4 is 29.1 Å². The molecule has 2 N–H and O–H groups in total. The molecule has 5 aromatic rings. The number of anilines is 3. The number of allylic oxidation sites excluding steroid dienone is 5. The van der Waals surface area contributed by atoms with Crippen LogP contribution in [0.25, 0.3) is 0 Å². The molecule has 1 aliphatic carbocycles. The predicted octanol–water partition coefficient (Wildman–Crippen LogP) is 12.5. The molecule has 2 aliphatic rings. The number of halogens is 10. The fourth-order valence-electron chi connectivity index (χ4n) is 9.40. The van der Waals surface area contributed by atoms with E-state index in [1.165, 1.54) is 39.2 Å². The Hall–Kier alpha value is -6.64. The Labute approximate surface area is 396 Å². The molecule has 0 atom stereocenters. The van der Waals surface area contributed by atoms with Crippen LogP contribution < -0.4 is 20.1 Å². The zero-order valence-electron chi connectivity index (χ0n) is 40.4. The van der Waals surface area contributed by atoms with Crippen molar-refractivity contribution < 1.29 is 53.7 Å². The molecule has 0 unspecified atom stereocenters. The van der Waals surface area contributed by atoms with Crippen molar-refractivity contribution in [3.05, 3.63) is 191 Å². The molecule has 366 valence electrons. The van der Waals surface area contributed by atoms with Gasteiger partial charge in [0.1, 0.15) is 6.17 Å². The van der Waals surface area contributed by atoms with E-state index in [2.05, 4.69) is 75.8 Å². The van der Waals surface area contributed by atoms with E-state index < -0.39 is 81.8 Å². The lowest BCUT2D eigenvalue weighted by Crippen LogP contribution is -2.75. The summed E-state index contributed by atoms with van der Waals surface area (Å²) in [6.07, 6.45) is 2.59. The molecule has 0 radical (unpaired) electrons. The van der Waals surface area contributed by atoms with Gasteiger partial charge in [0, 0.05) is 41.3 Å². The third-order valence-corrected chi connectivity index (χ3v) is 11.9. The number of hydrogen-bond acceptors (Lipinski definition) is 4. The average Bonchev–Trinajstić information content (AvgIpc) is 3.66. The third kappa shape index (κ3) is 11.1. The standard InChI is InChI=1S/C27H27F5N2.C20H26N2.C7HF5O/c1-13-9-15(3)25(16(4)10-13)33-7-8-34(26-17(5)11-14(2)12-18(26)6)27(33)19-20(28)22(30)24(32)23(31)21(19)29;1-13-9-15(3)19(16(4)10-13)21-7-8-22-20-17(5)11-14(2)12-18(20)6;8-3-2(1-13)4(9)6(11)7(12)5(3)10/h9-12,27H,7-8H2,1-6H3;9-12,22H,1,7-8H2,2-6H3;1H/p+1. The lowest BCUT2D eigenvalue weighted by Gasteiger charge is -2.36. The van der Waals surface area contributed by atoms with Crippen molar-refractivity contribution in [3.8, 4) is 0 Å². The monoisotopic (exact) mass is 965 g/mol. The maximum Gasteiger partial charge on any atom is 0.204 e.